The molecule has 6 aromatic carbocycles. The summed E-state index contributed by atoms with van der Waals surface area (Å²) in [5.74, 6) is 4.48. The lowest BCUT2D eigenvalue weighted by Crippen LogP contribution is -2.28. The zero-order valence-corrected chi connectivity index (χ0v) is 73.7. The van der Waals surface area contributed by atoms with Gasteiger partial charge in [-0.1, -0.05) is 321 Å². The van der Waals surface area contributed by atoms with Crippen molar-refractivity contribution in [2.75, 3.05) is 13.2 Å². The Morgan fingerprint density at radius 2 is 0.596 bits per heavy atom. The van der Waals surface area contributed by atoms with Gasteiger partial charge in [0.2, 0.25) is 0 Å². The van der Waals surface area contributed by atoms with Gasteiger partial charge in [-0.2, -0.15) is 0 Å². The second-order valence-corrected chi connectivity index (χ2v) is 33.8. The van der Waals surface area contributed by atoms with Crippen LogP contribution in [-0.2, 0) is 49.4 Å². The Kier molecular flexibility index (Phi) is 35.4. The van der Waals surface area contributed by atoms with Crippen LogP contribution in [-0.4, -0.2) is 43.1 Å². The number of nitrogens with zero attached hydrogens (tertiary/aromatic N) is 6. The highest BCUT2D eigenvalue weighted by Gasteiger charge is 2.48. The average Bonchev–Trinajstić information content (AvgIpc) is 1.53. The third kappa shape index (κ3) is 22.1. The van der Waals surface area contributed by atoms with Gasteiger partial charge in [0.1, 0.15) is 23.1 Å². The molecule has 0 spiro atoms. The van der Waals surface area contributed by atoms with Crippen molar-refractivity contribution in [3.63, 3.8) is 0 Å². The quantitative estimate of drug-likeness (QED) is 0.0348. The van der Waals surface area contributed by atoms with Crippen LogP contribution in [0, 0.1) is 27.7 Å². The van der Waals surface area contributed by atoms with E-state index in [1.54, 1.807) is 11.1 Å². The zero-order chi connectivity index (χ0) is 80.7. The van der Waals surface area contributed by atoms with Crippen molar-refractivity contribution in [1.82, 2.24) is 29.9 Å². The van der Waals surface area contributed by atoms with Crippen LogP contribution in [0.4, 0.5) is 0 Å². The number of benzene rings is 6. The molecule has 0 fully saturated rings. The maximum Gasteiger partial charge on any atom is 0.159 e. The third-order valence-electron chi connectivity index (χ3n) is 24.7. The molecule has 8 heteroatoms. The standard InChI is InChI=1S/C65H86N4O2.C41H60N2/c1-9-15-19-23-27-59-63(60(67-47(7)66-59)28-24-20-16-10-2)49-31-41-55-56-42-32-50(64-61(29-25-21-17-11-3)68-48(8)69-62(64)30-26-22-18-12-4)46-58(56)65(57(55)45-49,51-33-37-53(38-34-51)70-43-13-5)52-35-39-54(40-36-52)71-44-14-6;1-7-11-13-15-17-19-27-41(28-20-18-16-14-12-8-2)36-29-31(5)23-25-34(36)35-26-24-33(30-37(35)41)40-42-38(21-9-3)32(6)39(43-40)22-10-4/h31-42,45-46H,9-30,43-44H2,1-8H3;23-26,29-30H,7-22,27-28H2,1-6H3. The van der Waals surface area contributed by atoms with Gasteiger partial charge in [0.25, 0.3) is 0 Å². The highest BCUT2D eigenvalue weighted by atomic mass is 16.5. The number of rotatable bonds is 49. The molecule has 0 radical (unpaired) electrons. The molecule has 0 atom stereocenters. The van der Waals surface area contributed by atoms with Gasteiger partial charge < -0.3 is 9.47 Å². The van der Waals surface area contributed by atoms with Gasteiger partial charge in [-0.3, -0.25) is 0 Å². The first kappa shape index (κ1) is 88.5. The lowest BCUT2D eigenvalue weighted by atomic mass is 9.67. The number of unbranched alkanes of at least 4 members (excludes halogenated alkanes) is 22. The summed E-state index contributed by atoms with van der Waals surface area (Å²) in [7, 11) is 0. The molecule has 0 amide bonds. The molecule has 2 aliphatic rings. The summed E-state index contributed by atoms with van der Waals surface area (Å²) in [6.45, 7) is 32.7. The van der Waals surface area contributed by atoms with Crippen LogP contribution >= 0.6 is 0 Å². The van der Waals surface area contributed by atoms with E-state index >= 15 is 0 Å². The van der Waals surface area contributed by atoms with E-state index in [9.17, 15) is 0 Å². The van der Waals surface area contributed by atoms with E-state index in [0.29, 0.717) is 13.2 Å². The van der Waals surface area contributed by atoms with Gasteiger partial charge in [-0.15, -0.1) is 0 Å². The molecule has 2 aliphatic carbocycles. The van der Waals surface area contributed by atoms with Crippen molar-refractivity contribution in [2.45, 2.75) is 365 Å². The van der Waals surface area contributed by atoms with Gasteiger partial charge in [0, 0.05) is 33.5 Å². The summed E-state index contributed by atoms with van der Waals surface area (Å²) >= 11 is 0. The van der Waals surface area contributed by atoms with E-state index in [1.165, 1.54) is 285 Å². The molecule has 3 heterocycles. The minimum absolute atomic E-state index is 0.0887. The molecule has 0 saturated heterocycles. The Balaban J connectivity index is 0.000000273. The molecule has 9 aromatic rings. The second kappa shape index (κ2) is 45.6. The first-order valence-electron chi connectivity index (χ1n) is 46.4. The molecule has 8 nitrogen and oxygen atoms in total. The molecule has 0 N–H and O–H groups in total. The lowest BCUT2D eigenvalue weighted by Gasteiger charge is -2.35. The highest BCUT2D eigenvalue weighted by molar-refractivity contribution is 5.91. The predicted octanol–water partition coefficient (Wildman–Crippen LogP) is 30.1. The summed E-state index contributed by atoms with van der Waals surface area (Å²) < 4.78 is 12.5. The SMILES string of the molecule is CCCCCCCCC1(CCCCCCCC)c2cc(C)ccc2-c2ccc(-c3nc(CCC)c(C)c(CCC)n3)cc21.CCCCCCc1nc(C)nc(CCCCCC)c1-c1ccc2c(c1)C(c1ccc(OCCC)cc1)(c1ccc(OCCC)cc1)c1cc(-c3c(CCCCCC)nc(C)nc3CCCCCC)ccc1-2. The fourth-order valence-corrected chi connectivity index (χ4v) is 18.7. The van der Waals surface area contributed by atoms with E-state index in [4.69, 9.17) is 39.4 Å². The van der Waals surface area contributed by atoms with Gasteiger partial charge in [0.05, 0.1) is 41.4 Å². The monoisotopic (exact) mass is 1540 g/mol. The van der Waals surface area contributed by atoms with Crippen LogP contribution in [0.3, 0.4) is 0 Å². The molecule has 3 aromatic heterocycles. The summed E-state index contributed by atoms with van der Waals surface area (Å²) in [6, 6.07) is 47.2. The number of hydrogen-bond acceptors (Lipinski definition) is 8. The number of aryl methyl sites for hydroxylation is 9. The van der Waals surface area contributed by atoms with Gasteiger partial charge in [-0.25, -0.2) is 29.9 Å². The summed E-state index contributed by atoms with van der Waals surface area (Å²) in [4.78, 5) is 31.6. The molecule has 0 bridgehead atoms. The Hall–Kier alpha value is -7.84. The topological polar surface area (TPSA) is 95.8 Å². The van der Waals surface area contributed by atoms with Gasteiger partial charge in [-0.05, 0) is 232 Å². The number of ether oxygens (including phenoxy) is 2. The van der Waals surface area contributed by atoms with Crippen molar-refractivity contribution in [3.8, 4) is 67.4 Å². The Morgan fingerprint density at radius 1 is 0.272 bits per heavy atom. The van der Waals surface area contributed by atoms with Gasteiger partial charge >= 0.3 is 0 Å². The molecule has 0 saturated carbocycles. The molecular weight excluding hydrogens is 1390 g/mol. The first-order chi connectivity index (χ1) is 55.8. The molecule has 612 valence electrons. The fourth-order valence-electron chi connectivity index (χ4n) is 18.7. The smallest absolute Gasteiger partial charge is 0.159 e. The molecule has 0 unspecified atom stereocenters. The minimum atomic E-state index is -0.689. The van der Waals surface area contributed by atoms with E-state index in [-0.39, 0.29) is 5.41 Å². The Labute approximate surface area is 692 Å². The zero-order valence-electron chi connectivity index (χ0n) is 73.7. The van der Waals surface area contributed by atoms with Crippen LogP contribution in [0.15, 0.2) is 121 Å². The number of hydrogen-bond donors (Lipinski definition) is 0. The van der Waals surface area contributed by atoms with Crippen LogP contribution < -0.4 is 9.47 Å². The lowest BCUT2D eigenvalue weighted by molar-refractivity contribution is 0.317. The highest BCUT2D eigenvalue weighted by Crippen LogP contribution is 2.59. The van der Waals surface area contributed by atoms with Crippen molar-refractivity contribution < 1.29 is 9.47 Å². The third-order valence-corrected chi connectivity index (χ3v) is 24.7. The summed E-state index contributed by atoms with van der Waals surface area (Å²) in [5.41, 5.74) is 28.9. The van der Waals surface area contributed by atoms with Crippen molar-refractivity contribution >= 4 is 0 Å². The van der Waals surface area contributed by atoms with Crippen LogP contribution in [0.1, 0.15) is 378 Å². The maximum atomic E-state index is 6.27. The van der Waals surface area contributed by atoms with Crippen LogP contribution in [0.25, 0.3) is 55.9 Å². The first-order valence-corrected chi connectivity index (χ1v) is 46.4. The van der Waals surface area contributed by atoms with E-state index in [1.807, 2.05) is 0 Å². The summed E-state index contributed by atoms with van der Waals surface area (Å²) in [5, 5.41) is 0. The fraction of sp³-hybridized carbons (Fsp3) is 0.547. The van der Waals surface area contributed by atoms with Crippen molar-refractivity contribution in [3.05, 3.63) is 212 Å². The molecule has 11 rings (SSSR count). The maximum absolute atomic E-state index is 6.27. The minimum Gasteiger partial charge on any atom is -0.494 e. The predicted molar refractivity (Wildman–Crippen MR) is 485 cm³/mol. The number of fused-ring (bicyclic) bond motifs is 6. The van der Waals surface area contributed by atoms with Crippen LogP contribution in [0.2, 0.25) is 0 Å². The average molecular weight is 1540 g/mol. The summed E-state index contributed by atoms with van der Waals surface area (Å²) in [6.07, 6.45) is 47.7. The number of aromatic nitrogens is 6. The van der Waals surface area contributed by atoms with Gasteiger partial charge in [0.15, 0.2) is 5.82 Å². The Bertz CT molecular complexity index is 4140. The van der Waals surface area contributed by atoms with Crippen molar-refractivity contribution in [1.29, 1.82) is 0 Å². The Morgan fingerprint density at radius 3 is 0.965 bits per heavy atom. The van der Waals surface area contributed by atoms with E-state index in [0.717, 1.165) is 119 Å². The van der Waals surface area contributed by atoms with Crippen molar-refractivity contribution in [2.24, 2.45) is 0 Å². The van der Waals surface area contributed by atoms with E-state index < -0.39 is 5.41 Å². The molecule has 0 aliphatic heterocycles. The molecule has 114 heavy (non-hydrogen) atoms. The van der Waals surface area contributed by atoms with E-state index in [2.05, 4.69) is 218 Å². The molecular formula is C106H146N6O2. The largest absolute Gasteiger partial charge is 0.494 e. The second-order valence-electron chi connectivity index (χ2n) is 33.8. The van der Waals surface area contributed by atoms with Crippen LogP contribution in [0.5, 0.6) is 11.5 Å². The normalized spacial score (nSPS) is 12.9.